The topological polar surface area (TPSA) is 91.2 Å². The number of carbonyl (C=O) groups is 1. The van der Waals surface area contributed by atoms with Crippen molar-refractivity contribution in [2.24, 2.45) is 0 Å². The van der Waals surface area contributed by atoms with Gasteiger partial charge in [-0.1, -0.05) is 6.42 Å². The number of nitrogens with zero attached hydrogens (tertiary/aromatic N) is 2. The SMILES string of the molecule is O=C(NC[C@@H](c1ccco1)N1CCCCC1)c1ccc(=O)[nH]n1. The monoisotopic (exact) mass is 316 g/mol. The molecule has 0 spiro atoms. The number of aromatic amines is 1. The number of aromatic nitrogens is 2. The van der Waals surface area contributed by atoms with E-state index in [9.17, 15) is 9.59 Å². The van der Waals surface area contributed by atoms with Crippen LogP contribution in [0, 0.1) is 0 Å². The zero-order chi connectivity index (χ0) is 16.1. The van der Waals surface area contributed by atoms with Gasteiger partial charge in [-0.2, -0.15) is 5.10 Å². The van der Waals surface area contributed by atoms with E-state index in [1.807, 2.05) is 12.1 Å². The van der Waals surface area contributed by atoms with Gasteiger partial charge in [0.1, 0.15) is 11.5 Å². The Balaban J connectivity index is 1.67. The summed E-state index contributed by atoms with van der Waals surface area (Å²) in [5.74, 6) is 0.538. The van der Waals surface area contributed by atoms with E-state index >= 15 is 0 Å². The van der Waals surface area contributed by atoms with Gasteiger partial charge in [0.15, 0.2) is 0 Å². The molecule has 1 atom stereocenters. The third-order valence-electron chi connectivity index (χ3n) is 4.07. The van der Waals surface area contributed by atoms with Crippen molar-refractivity contribution < 1.29 is 9.21 Å². The molecule has 0 bridgehead atoms. The maximum atomic E-state index is 12.2. The Morgan fingerprint density at radius 3 is 2.78 bits per heavy atom. The van der Waals surface area contributed by atoms with Gasteiger partial charge in [-0.3, -0.25) is 14.5 Å². The Kier molecular flexibility index (Phi) is 4.87. The van der Waals surface area contributed by atoms with Crippen LogP contribution in [0.25, 0.3) is 0 Å². The Morgan fingerprint density at radius 1 is 1.30 bits per heavy atom. The van der Waals surface area contributed by atoms with Gasteiger partial charge in [-0.05, 0) is 44.1 Å². The van der Waals surface area contributed by atoms with Gasteiger partial charge in [-0.15, -0.1) is 0 Å². The number of hydrogen-bond acceptors (Lipinski definition) is 5. The van der Waals surface area contributed by atoms with Crippen LogP contribution in [0.2, 0.25) is 0 Å². The molecule has 122 valence electrons. The summed E-state index contributed by atoms with van der Waals surface area (Å²) in [7, 11) is 0. The first-order valence-corrected chi connectivity index (χ1v) is 7.85. The van der Waals surface area contributed by atoms with E-state index in [1.165, 1.54) is 18.6 Å². The lowest BCUT2D eigenvalue weighted by molar-refractivity contribution is 0.0908. The van der Waals surface area contributed by atoms with Crippen molar-refractivity contribution in [2.75, 3.05) is 19.6 Å². The van der Waals surface area contributed by atoms with Gasteiger partial charge in [0.2, 0.25) is 0 Å². The predicted molar refractivity (Wildman–Crippen MR) is 84.1 cm³/mol. The molecular weight excluding hydrogens is 296 g/mol. The van der Waals surface area contributed by atoms with Crippen LogP contribution in [-0.4, -0.2) is 40.6 Å². The van der Waals surface area contributed by atoms with E-state index in [-0.39, 0.29) is 23.2 Å². The van der Waals surface area contributed by atoms with Crippen LogP contribution in [0.4, 0.5) is 0 Å². The molecule has 0 aromatic carbocycles. The highest BCUT2D eigenvalue weighted by Gasteiger charge is 2.25. The number of nitrogens with one attached hydrogen (secondary N) is 2. The second-order valence-corrected chi connectivity index (χ2v) is 5.64. The van der Waals surface area contributed by atoms with Crippen LogP contribution in [0.15, 0.2) is 39.7 Å². The first kappa shape index (κ1) is 15.5. The molecule has 2 aromatic heterocycles. The molecule has 2 N–H and O–H groups in total. The third-order valence-corrected chi connectivity index (χ3v) is 4.07. The fraction of sp³-hybridized carbons (Fsp3) is 0.438. The molecule has 1 aliphatic heterocycles. The van der Waals surface area contributed by atoms with Crippen LogP contribution < -0.4 is 10.9 Å². The van der Waals surface area contributed by atoms with Gasteiger partial charge >= 0.3 is 0 Å². The second kappa shape index (κ2) is 7.23. The van der Waals surface area contributed by atoms with Crippen molar-refractivity contribution in [2.45, 2.75) is 25.3 Å². The first-order chi connectivity index (χ1) is 11.2. The van der Waals surface area contributed by atoms with Gasteiger partial charge in [0.25, 0.3) is 11.5 Å². The summed E-state index contributed by atoms with van der Waals surface area (Å²) in [6.45, 7) is 2.43. The van der Waals surface area contributed by atoms with Gasteiger partial charge in [0, 0.05) is 12.6 Å². The average Bonchev–Trinajstić information content (AvgIpc) is 3.11. The smallest absolute Gasteiger partial charge is 0.271 e. The largest absolute Gasteiger partial charge is 0.468 e. The minimum Gasteiger partial charge on any atom is -0.468 e. The normalized spacial score (nSPS) is 16.9. The fourth-order valence-corrected chi connectivity index (χ4v) is 2.87. The summed E-state index contributed by atoms with van der Waals surface area (Å²) in [4.78, 5) is 25.5. The third kappa shape index (κ3) is 3.87. The molecule has 7 heteroatoms. The van der Waals surface area contributed by atoms with Crippen molar-refractivity contribution >= 4 is 5.91 Å². The Bertz CT molecular complexity index is 669. The highest BCUT2D eigenvalue weighted by molar-refractivity contribution is 5.91. The molecule has 2 aromatic rings. The van der Waals surface area contributed by atoms with Crippen LogP contribution >= 0.6 is 0 Å². The van der Waals surface area contributed by atoms with Crippen LogP contribution in [0.5, 0.6) is 0 Å². The zero-order valence-electron chi connectivity index (χ0n) is 12.8. The molecule has 3 heterocycles. The molecule has 0 saturated carbocycles. The molecule has 1 fully saturated rings. The lowest BCUT2D eigenvalue weighted by atomic mass is 10.1. The number of piperidine rings is 1. The van der Waals surface area contributed by atoms with E-state index in [0.717, 1.165) is 31.7 Å². The van der Waals surface area contributed by atoms with E-state index in [2.05, 4.69) is 20.4 Å². The predicted octanol–water partition coefficient (Wildman–Crippen LogP) is 1.32. The van der Waals surface area contributed by atoms with E-state index in [1.54, 1.807) is 6.26 Å². The molecular formula is C16H20N4O3. The molecule has 1 aliphatic rings. The lowest BCUT2D eigenvalue weighted by Gasteiger charge is -2.33. The number of rotatable bonds is 5. The van der Waals surface area contributed by atoms with Crippen LogP contribution in [0.3, 0.4) is 0 Å². The second-order valence-electron chi connectivity index (χ2n) is 5.64. The van der Waals surface area contributed by atoms with E-state index in [0.29, 0.717) is 6.54 Å². The lowest BCUT2D eigenvalue weighted by Crippen LogP contribution is -2.40. The zero-order valence-corrected chi connectivity index (χ0v) is 12.8. The number of hydrogen-bond donors (Lipinski definition) is 2. The highest BCUT2D eigenvalue weighted by atomic mass is 16.3. The average molecular weight is 316 g/mol. The summed E-state index contributed by atoms with van der Waals surface area (Å²) in [5.41, 5.74) is -0.134. The van der Waals surface area contributed by atoms with Gasteiger partial charge in [0.05, 0.1) is 12.3 Å². The minimum absolute atomic E-state index is 0.0111. The van der Waals surface area contributed by atoms with Gasteiger partial charge in [-0.25, -0.2) is 5.10 Å². The minimum atomic E-state index is -0.330. The van der Waals surface area contributed by atoms with Crippen molar-refractivity contribution in [3.8, 4) is 0 Å². The maximum absolute atomic E-state index is 12.2. The number of H-pyrrole nitrogens is 1. The Morgan fingerprint density at radius 2 is 2.13 bits per heavy atom. The van der Waals surface area contributed by atoms with E-state index in [4.69, 9.17) is 4.42 Å². The van der Waals surface area contributed by atoms with Gasteiger partial charge < -0.3 is 9.73 Å². The fourth-order valence-electron chi connectivity index (χ4n) is 2.87. The molecule has 23 heavy (non-hydrogen) atoms. The highest BCUT2D eigenvalue weighted by Crippen LogP contribution is 2.24. The number of carbonyl (C=O) groups excluding carboxylic acids is 1. The summed E-state index contributed by atoms with van der Waals surface area (Å²) in [6.07, 6.45) is 5.21. The molecule has 0 unspecified atom stereocenters. The first-order valence-electron chi connectivity index (χ1n) is 7.85. The Hall–Kier alpha value is -2.41. The molecule has 3 rings (SSSR count). The summed E-state index contributed by atoms with van der Waals surface area (Å²) in [5, 5.41) is 8.89. The summed E-state index contributed by atoms with van der Waals surface area (Å²) >= 11 is 0. The standard InChI is InChI=1S/C16H20N4O3/c21-15-7-6-12(18-19-15)16(22)17-11-13(14-5-4-10-23-14)20-8-2-1-3-9-20/h4-7,10,13H,1-3,8-9,11H2,(H,17,22)(H,19,21)/t13-/m0/s1. The van der Waals surface area contributed by atoms with Crippen molar-refractivity contribution in [1.82, 2.24) is 20.4 Å². The number of likely N-dealkylation sites (tertiary alicyclic amines) is 1. The van der Waals surface area contributed by atoms with Crippen LogP contribution in [0.1, 0.15) is 41.6 Å². The molecule has 7 nitrogen and oxygen atoms in total. The summed E-state index contributed by atoms with van der Waals surface area (Å²) < 4.78 is 5.55. The Labute approximate surface area is 133 Å². The summed E-state index contributed by atoms with van der Waals surface area (Å²) in [6, 6.07) is 6.51. The number of furan rings is 1. The van der Waals surface area contributed by atoms with Crippen molar-refractivity contribution in [3.63, 3.8) is 0 Å². The van der Waals surface area contributed by atoms with E-state index < -0.39 is 0 Å². The van der Waals surface area contributed by atoms with Crippen molar-refractivity contribution in [3.05, 3.63) is 52.3 Å². The number of amides is 1. The quantitative estimate of drug-likeness (QED) is 0.868. The molecule has 0 radical (unpaired) electrons. The molecule has 1 saturated heterocycles. The van der Waals surface area contributed by atoms with Crippen LogP contribution in [-0.2, 0) is 0 Å². The molecule has 1 amide bonds. The van der Waals surface area contributed by atoms with Crippen molar-refractivity contribution in [1.29, 1.82) is 0 Å². The maximum Gasteiger partial charge on any atom is 0.271 e. The molecule has 0 aliphatic carbocycles.